The van der Waals surface area contributed by atoms with E-state index >= 15 is 0 Å². The number of amides is 1. The van der Waals surface area contributed by atoms with E-state index < -0.39 is 10.0 Å². The van der Waals surface area contributed by atoms with Gasteiger partial charge in [-0.15, -0.1) is 0 Å². The molecule has 0 spiro atoms. The minimum absolute atomic E-state index is 0.180. The molecule has 0 bridgehead atoms. The second kappa shape index (κ2) is 7.92. The molecule has 30 heavy (non-hydrogen) atoms. The lowest BCUT2D eigenvalue weighted by Gasteiger charge is -2.18. The summed E-state index contributed by atoms with van der Waals surface area (Å²) in [5.41, 5.74) is 1.17. The Kier molecular flexibility index (Phi) is 5.46. The summed E-state index contributed by atoms with van der Waals surface area (Å²) < 4.78 is 38.6. The topological polar surface area (TPSA) is 84.9 Å². The highest BCUT2D eigenvalue weighted by Gasteiger charge is 2.32. The van der Waals surface area contributed by atoms with Gasteiger partial charge in [0, 0.05) is 30.8 Å². The molecule has 2 aliphatic heterocycles. The first-order valence-electron chi connectivity index (χ1n) is 10.1. The average molecular weight is 431 g/mol. The lowest BCUT2D eigenvalue weighted by molar-refractivity contribution is -0.118. The van der Waals surface area contributed by atoms with Crippen LogP contribution in [0.25, 0.3) is 0 Å². The maximum absolute atomic E-state index is 12.7. The fourth-order valence-electron chi connectivity index (χ4n) is 3.85. The normalized spacial score (nSPS) is 17.9. The first-order chi connectivity index (χ1) is 14.2. The smallest absolute Gasteiger partial charge is 0.262 e. The Labute approximate surface area is 177 Å². The van der Waals surface area contributed by atoms with Gasteiger partial charge in [-0.25, -0.2) is 8.42 Å². The standard InChI is InChI=1S/C22H26N2O5S/c1-22(2)14-16-7-5-10-19(21(16)29-22)28-15-20(25)23-17-8-6-9-18(13-17)30(26,27)24-11-3-4-12-24/h5-10,13H,3-4,11-12,14-15H2,1-2H3,(H,23,25). The van der Waals surface area contributed by atoms with Gasteiger partial charge < -0.3 is 14.8 Å². The third-order valence-corrected chi connectivity index (χ3v) is 7.13. The predicted octanol–water partition coefficient (Wildman–Crippen LogP) is 3.20. The highest BCUT2D eigenvalue weighted by Crippen LogP contribution is 2.41. The minimum atomic E-state index is -3.54. The molecule has 0 aromatic heterocycles. The van der Waals surface area contributed by atoms with Crippen molar-refractivity contribution in [3.63, 3.8) is 0 Å². The van der Waals surface area contributed by atoms with Crippen LogP contribution in [0, 0.1) is 0 Å². The van der Waals surface area contributed by atoms with Crippen LogP contribution < -0.4 is 14.8 Å². The number of rotatable bonds is 6. The summed E-state index contributed by atoms with van der Waals surface area (Å²) in [7, 11) is -3.54. The van der Waals surface area contributed by atoms with Crippen LogP contribution in [-0.2, 0) is 21.2 Å². The van der Waals surface area contributed by atoms with E-state index in [9.17, 15) is 13.2 Å². The van der Waals surface area contributed by atoms with Gasteiger partial charge >= 0.3 is 0 Å². The lowest BCUT2D eigenvalue weighted by atomic mass is 10.0. The zero-order valence-electron chi connectivity index (χ0n) is 17.2. The summed E-state index contributed by atoms with van der Waals surface area (Å²) >= 11 is 0. The van der Waals surface area contributed by atoms with Crippen LogP contribution in [0.4, 0.5) is 5.69 Å². The number of carbonyl (C=O) groups excluding carboxylic acids is 1. The minimum Gasteiger partial charge on any atom is -0.483 e. The zero-order valence-corrected chi connectivity index (χ0v) is 18.0. The van der Waals surface area contributed by atoms with Crippen molar-refractivity contribution in [1.82, 2.24) is 4.31 Å². The molecule has 2 heterocycles. The molecule has 7 nitrogen and oxygen atoms in total. The molecule has 4 rings (SSSR count). The van der Waals surface area contributed by atoms with Crippen LogP contribution in [0.3, 0.4) is 0 Å². The quantitative estimate of drug-likeness (QED) is 0.761. The number of para-hydroxylation sites is 1. The average Bonchev–Trinajstić information content (AvgIpc) is 3.33. The van der Waals surface area contributed by atoms with Crippen molar-refractivity contribution in [3.8, 4) is 11.5 Å². The maximum Gasteiger partial charge on any atom is 0.262 e. The van der Waals surface area contributed by atoms with Crippen molar-refractivity contribution in [2.75, 3.05) is 25.0 Å². The molecule has 160 valence electrons. The van der Waals surface area contributed by atoms with E-state index in [1.165, 1.54) is 10.4 Å². The first-order valence-corrected chi connectivity index (χ1v) is 11.5. The number of hydrogen-bond donors (Lipinski definition) is 1. The van der Waals surface area contributed by atoms with Crippen molar-refractivity contribution < 1.29 is 22.7 Å². The highest BCUT2D eigenvalue weighted by atomic mass is 32.2. The Morgan fingerprint density at radius 3 is 2.67 bits per heavy atom. The molecular weight excluding hydrogens is 404 g/mol. The largest absolute Gasteiger partial charge is 0.483 e. The Bertz CT molecular complexity index is 1060. The molecule has 2 aromatic rings. The van der Waals surface area contributed by atoms with Gasteiger partial charge in [-0.05, 0) is 51.0 Å². The van der Waals surface area contributed by atoms with Gasteiger partial charge in [-0.2, -0.15) is 4.31 Å². The third kappa shape index (κ3) is 4.29. The van der Waals surface area contributed by atoms with Crippen LogP contribution >= 0.6 is 0 Å². The molecule has 2 aliphatic rings. The number of anilines is 1. The van der Waals surface area contributed by atoms with Crippen LogP contribution in [0.2, 0.25) is 0 Å². The van der Waals surface area contributed by atoms with E-state index in [0.717, 1.165) is 24.8 Å². The molecule has 0 atom stereocenters. The Hall–Kier alpha value is -2.58. The third-order valence-electron chi connectivity index (χ3n) is 5.23. The first kappa shape index (κ1) is 20.7. The van der Waals surface area contributed by atoms with Gasteiger partial charge in [0.2, 0.25) is 10.0 Å². The van der Waals surface area contributed by atoms with Gasteiger partial charge in [-0.1, -0.05) is 18.2 Å². The Morgan fingerprint density at radius 1 is 1.17 bits per heavy atom. The van der Waals surface area contributed by atoms with Crippen molar-refractivity contribution in [3.05, 3.63) is 48.0 Å². The predicted molar refractivity (Wildman–Crippen MR) is 113 cm³/mol. The SMILES string of the molecule is CC1(C)Cc2cccc(OCC(=O)Nc3cccc(S(=O)(=O)N4CCCC4)c3)c2O1. The van der Waals surface area contributed by atoms with Crippen LogP contribution in [0.5, 0.6) is 11.5 Å². The van der Waals surface area contributed by atoms with E-state index in [1.807, 2.05) is 26.0 Å². The fourth-order valence-corrected chi connectivity index (χ4v) is 5.42. The summed E-state index contributed by atoms with van der Waals surface area (Å²) in [4.78, 5) is 12.6. The van der Waals surface area contributed by atoms with Crippen LogP contribution in [0.15, 0.2) is 47.4 Å². The maximum atomic E-state index is 12.7. The zero-order chi connectivity index (χ0) is 21.4. The molecule has 8 heteroatoms. The van der Waals surface area contributed by atoms with Gasteiger partial charge in [0.25, 0.3) is 5.91 Å². The summed E-state index contributed by atoms with van der Waals surface area (Å²) in [5, 5.41) is 2.71. The van der Waals surface area contributed by atoms with E-state index in [-0.39, 0.29) is 23.0 Å². The molecule has 1 saturated heterocycles. The van der Waals surface area contributed by atoms with Gasteiger partial charge in [-0.3, -0.25) is 4.79 Å². The second-order valence-corrected chi connectivity index (χ2v) is 10.2. The molecule has 1 amide bonds. The van der Waals surface area contributed by atoms with Gasteiger partial charge in [0.15, 0.2) is 18.1 Å². The van der Waals surface area contributed by atoms with Gasteiger partial charge in [0.1, 0.15) is 5.60 Å². The molecule has 0 saturated carbocycles. The van der Waals surface area contributed by atoms with Crippen molar-refractivity contribution >= 4 is 21.6 Å². The lowest BCUT2D eigenvalue weighted by Crippen LogP contribution is -2.28. The molecule has 1 fully saturated rings. The Morgan fingerprint density at radius 2 is 1.90 bits per heavy atom. The molecule has 2 aromatic carbocycles. The number of benzene rings is 2. The number of nitrogens with zero attached hydrogens (tertiary/aromatic N) is 1. The summed E-state index contributed by atoms with van der Waals surface area (Å²) in [6, 6.07) is 12.0. The van der Waals surface area contributed by atoms with Crippen molar-refractivity contribution in [2.24, 2.45) is 0 Å². The summed E-state index contributed by atoms with van der Waals surface area (Å²) in [5.74, 6) is 0.827. The Balaban J connectivity index is 1.41. The fraction of sp³-hybridized carbons (Fsp3) is 0.409. The van der Waals surface area contributed by atoms with E-state index in [1.54, 1.807) is 24.3 Å². The number of hydrogen-bond acceptors (Lipinski definition) is 5. The molecular formula is C22H26N2O5S. The second-order valence-electron chi connectivity index (χ2n) is 8.26. The molecule has 1 N–H and O–H groups in total. The molecule has 0 unspecified atom stereocenters. The van der Waals surface area contributed by atoms with E-state index in [0.29, 0.717) is 30.3 Å². The van der Waals surface area contributed by atoms with Crippen molar-refractivity contribution in [2.45, 2.75) is 43.6 Å². The molecule has 0 radical (unpaired) electrons. The molecule has 0 aliphatic carbocycles. The summed E-state index contributed by atoms with van der Waals surface area (Å²) in [6.07, 6.45) is 2.53. The van der Waals surface area contributed by atoms with E-state index in [2.05, 4.69) is 5.32 Å². The monoisotopic (exact) mass is 430 g/mol. The number of nitrogens with one attached hydrogen (secondary N) is 1. The van der Waals surface area contributed by atoms with Crippen LogP contribution in [-0.4, -0.2) is 43.9 Å². The number of ether oxygens (including phenoxy) is 2. The number of sulfonamides is 1. The van der Waals surface area contributed by atoms with E-state index in [4.69, 9.17) is 9.47 Å². The number of fused-ring (bicyclic) bond motifs is 1. The highest BCUT2D eigenvalue weighted by molar-refractivity contribution is 7.89. The number of carbonyl (C=O) groups is 1. The van der Waals surface area contributed by atoms with Crippen LogP contribution in [0.1, 0.15) is 32.3 Å². The van der Waals surface area contributed by atoms with Gasteiger partial charge in [0.05, 0.1) is 4.90 Å². The van der Waals surface area contributed by atoms with Crippen molar-refractivity contribution in [1.29, 1.82) is 0 Å². The summed E-state index contributed by atoms with van der Waals surface area (Å²) in [6.45, 7) is 4.88.